The molecule has 34 heavy (non-hydrogen) atoms. The highest BCUT2D eigenvalue weighted by molar-refractivity contribution is 5.97. The number of hydrogen-bond acceptors (Lipinski definition) is 5. The molecule has 0 bridgehead atoms. The Bertz CT molecular complexity index is 1080. The van der Waals surface area contributed by atoms with Crippen molar-refractivity contribution in [2.75, 3.05) is 30.4 Å². The fourth-order valence-electron chi connectivity index (χ4n) is 3.06. The highest BCUT2D eigenvalue weighted by atomic mass is 16.5. The van der Waals surface area contributed by atoms with E-state index >= 15 is 0 Å². The van der Waals surface area contributed by atoms with Crippen LogP contribution in [0.3, 0.4) is 0 Å². The third-order valence-electron chi connectivity index (χ3n) is 4.60. The number of rotatable bonds is 10. The van der Waals surface area contributed by atoms with Gasteiger partial charge in [0.1, 0.15) is 24.7 Å². The van der Waals surface area contributed by atoms with E-state index in [2.05, 4.69) is 16.0 Å². The first-order chi connectivity index (χ1) is 16.3. The molecule has 0 saturated heterocycles. The fraction of sp³-hybridized carbons (Fsp3) is 0.259. The van der Waals surface area contributed by atoms with E-state index in [1.807, 2.05) is 75.4 Å². The third kappa shape index (κ3) is 8.16. The zero-order valence-electron chi connectivity index (χ0n) is 19.8. The Balaban J connectivity index is 1.46. The quantitative estimate of drug-likeness (QED) is 0.380. The summed E-state index contributed by atoms with van der Waals surface area (Å²) in [5.41, 5.74) is 1.55. The van der Waals surface area contributed by atoms with Crippen molar-refractivity contribution in [1.82, 2.24) is 5.32 Å². The molecule has 0 unspecified atom stereocenters. The number of benzene rings is 3. The van der Waals surface area contributed by atoms with Crippen molar-refractivity contribution in [1.29, 1.82) is 0 Å². The van der Waals surface area contributed by atoms with Crippen LogP contribution in [0, 0.1) is 0 Å². The van der Waals surface area contributed by atoms with Gasteiger partial charge < -0.3 is 25.4 Å². The van der Waals surface area contributed by atoms with Gasteiger partial charge in [-0.15, -0.1) is 0 Å². The number of anilines is 2. The summed E-state index contributed by atoms with van der Waals surface area (Å²) in [5.74, 6) is 1.06. The summed E-state index contributed by atoms with van der Waals surface area (Å²) in [5, 5.41) is 8.84. The molecule has 0 fully saturated rings. The summed E-state index contributed by atoms with van der Waals surface area (Å²) in [4.78, 5) is 24.6. The predicted molar refractivity (Wildman–Crippen MR) is 135 cm³/mol. The molecule has 7 heteroatoms. The van der Waals surface area contributed by atoms with Crippen LogP contribution >= 0.6 is 0 Å². The molecule has 3 rings (SSSR count). The van der Waals surface area contributed by atoms with Gasteiger partial charge in [0.15, 0.2) is 0 Å². The molecule has 3 aromatic rings. The average Bonchev–Trinajstić information content (AvgIpc) is 2.81. The maximum absolute atomic E-state index is 12.4. The normalized spacial score (nSPS) is 10.8. The summed E-state index contributed by atoms with van der Waals surface area (Å²) >= 11 is 0. The summed E-state index contributed by atoms with van der Waals surface area (Å²) in [6, 6.07) is 23.8. The van der Waals surface area contributed by atoms with Crippen molar-refractivity contribution in [3.63, 3.8) is 0 Å². The van der Waals surface area contributed by atoms with Crippen LogP contribution in [0.2, 0.25) is 0 Å². The van der Waals surface area contributed by atoms with Gasteiger partial charge >= 0.3 is 0 Å². The van der Waals surface area contributed by atoms with Crippen molar-refractivity contribution in [3.8, 4) is 11.5 Å². The standard InChI is InChI=1S/C27H31N3O4/c1-27(2,3)30-26(32)20-13-15-21(16-14-20)29-25(31)19-28-23-11-7-8-12-24(23)34-18-17-33-22-9-5-4-6-10-22/h4-16,28H,17-19H2,1-3H3,(H,29,31)(H,30,32). The van der Waals surface area contributed by atoms with Crippen LogP contribution in [0.1, 0.15) is 31.1 Å². The zero-order chi connectivity index (χ0) is 24.4. The van der Waals surface area contributed by atoms with Crippen LogP contribution in [0.25, 0.3) is 0 Å². The number of ether oxygens (including phenoxy) is 2. The molecule has 0 spiro atoms. The Hall–Kier alpha value is -4.00. The van der Waals surface area contributed by atoms with Crippen LogP contribution in [0.4, 0.5) is 11.4 Å². The molecule has 3 aromatic carbocycles. The average molecular weight is 462 g/mol. The molecule has 0 saturated carbocycles. The van der Waals surface area contributed by atoms with Crippen molar-refractivity contribution < 1.29 is 19.1 Å². The summed E-state index contributed by atoms with van der Waals surface area (Å²) in [7, 11) is 0. The molecule has 0 aliphatic heterocycles. The maximum Gasteiger partial charge on any atom is 0.251 e. The largest absolute Gasteiger partial charge is 0.490 e. The number of carbonyl (C=O) groups is 2. The first-order valence-corrected chi connectivity index (χ1v) is 11.2. The van der Waals surface area contributed by atoms with Crippen LogP contribution < -0.4 is 25.4 Å². The van der Waals surface area contributed by atoms with E-state index in [1.165, 1.54) is 0 Å². The Labute approximate surface area is 200 Å². The molecule has 3 N–H and O–H groups in total. The molecular formula is C27H31N3O4. The van der Waals surface area contributed by atoms with Crippen LogP contribution in [-0.4, -0.2) is 37.1 Å². The molecule has 0 heterocycles. The highest BCUT2D eigenvalue weighted by Gasteiger charge is 2.15. The van der Waals surface area contributed by atoms with E-state index in [9.17, 15) is 9.59 Å². The topological polar surface area (TPSA) is 88.7 Å². The minimum Gasteiger partial charge on any atom is -0.490 e. The second kappa shape index (κ2) is 11.7. The molecule has 0 aliphatic rings. The Morgan fingerprint density at radius 1 is 0.794 bits per heavy atom. The van der Waals surface area contributed by atoms with Gasteiger partial charge in [0, 0.05) is 16.8 Å². The summed E-state index contributed by atoms with van der Waals surface area (Å²) < 4.78 is 11.5. The summed E-state index contributed by atoms with van der Waals surface area (Å²) in [6.45, 7) is 6.61. The van der Waals surface area contributed by atoms with Gasteiger partial charge in [-0.2, -0.15) is 0 Å². The van der Waals surface area contributed by atoms with Crippen LogP contribution in [0.5, 0.6) is 11.5 Å². The minimum atomic E-state index is -0.315. The van der Waals surface area contributed by atoms with Gasteiger partial charge in [-0.3, -0.25) is 9.59 Å². The second-order valence-corrected chi connectivity index (χ2v) is 8.69. The van der Waals surface area contributed by atoms with E-state index in [0.29, 0.717) is 35.9 Å². The second-order valence-electron chi connectivity index (χ2n) is 8.69. The molecule has 0 atom stereocenters. The SMILES string of the molecule is CC(C)(C)NC(=O)c1ccc(NC(=O)CNc2ccccc2OCCOc2ccccc2)cc1. The Kier molecular flexibility index (Phi) is 8.51. The molecular weight excluding hydrogens is 430 g/mol. The first kappa shape index (κ1) is 24.6. The van der Waals surface area contributed by atoms with Crippen molar-refractivity contribution >= 4 is 23.2 Å². The van der Waals surface area contributed by atoms with Crippen molar-refractivity contribution in [3.05, 3.63) is 84.4 Å². The predicted octanol–water partition coefficient (Wildman–Crippen LogP) is 4.72. The lowest BCUT2D eigenvalue weighted by Crippen LogP contribution is -2.40. The van der Waals surface area contributed by atoms with E-state index in [4.69, 9.17) is 9.47 Å². The smallest absolute Gasteiger partial charge is 0.251 e. The highest BCUT2D eigenvalue weighted by Crippen LogP contribution is 2.23. The molecule has 0 aromatic heterocycles. The van der Waals surface area contributed by atoms with E-state index in [0.717, 1.165) is 5.75 Å². The van der Waals surface area contributed by atoms with Gasteiger partial charge in [0.05, 0.1) is 12.2 Å². The first-order valence-electron chi connectivity index (χ1n) is 11.2. The molecule has 0 radical (unpaired) electrons. The van der Waals surface area contributed by atoms with Crippen molar-refractivity contribution in [2.24, 2.45) is 0 Å². The lowest BCUT2D eigenvalue weighted by Gasteiger charge is -2.20. The molecule has 7 nitrogen and oxygen atoms in total. The number of para-hydroxylation sites is 3. The molecule has 2 amide bonds. The Morgan fingerprint density at radius 3 is 2.15 bits per heavy atom. The van der Waals surface area contributed by atoms with Gasteiger partial charge in [-0.05, 0) is 69.3 Å². The van der Waals surface area contributed by atoms with Gasteiger partial charge in [-0.25, -0.2) is 0 Å². The molecule has 178 valence electrons. The minimum absolute atomic E-state index is 0.0626. The third-order valence-corrected chi connectivity index (χ3v) is 4.60. The zero-order valence-corrected chi connectivity index (χ0v) is 19.8. The fourth-order valence-corrected chi connectivity index (χ4v) is 3.06. The van der Waals surface area contributed by atoms with E-state index < -0.39 is 0 Å². The number of amides is 2. The maximum atomic E-state index is 12.4. The van der Waals surface area contributed by atoms with Gasteiger partial charge in [-0.1, -0.05) is 30.3 Å². The van der Waals surface area contributed by atoms with E-state index in [-0.39, 0.29) is 23.9 Å². The number of carbonyl (C=O) groups excluding carboxylic acids is 2. The van der Waals surface area contributed by atoms with Crippen molar-refractivity contribution in [2.45, 2.75) is 26.3 Å². The van der Waals surface area contributed by atoms with E-state index in [1.54, 1.807) is 24.3 Å². The Morgan fingerprint density at radius 2 is 1.44 bits per heavy atom. The monoisotopic (exact) mass is 461 g/mol. The van der Waals surface area contributed by atoms with Gasteiger partial charge in [0.25, 0.3) is 5.91 Å². The molecule has 0 aliphatic carbocycles. The lowest BCUT2D eigenvalue weighted by molar-refractivity contribution is -0.114. The van der Waals surface area contributed by atoms with Crippen LogP contribution in [-0.2, 0) is 4.79 Å². The summed E-state index contributed by atoms with van der Waals surface area (Å²) in [6.07, 6.45) is 0. The number of hydrogen-bond donors (Lipinski definition) is 3. The van der Waals surface area contributed by atoms with Gasteiger partial charge in [0.2, 0.25) is 5.91 Å². The number of nitrogens with one attached hydrogen (secondary N) is 3. The lowest BCUT2D eigenvalue weighted by atomic mass is 10.1. The van der Waals surface area contributed by atoms with Crippen LogP contribution in [0.15, 0.2) is 78.9 Å².